The minimum absolute atomic E-state index is 0.110. The third kappa shape index (κ3) is 5.31. The van der Waals surface area contributed by atoms with E-state index in [0.29, 0.717) is 5.56 Å². The second-order valence-corrected chi connectivity index (χ2v) is 5.12. The number of hydrogen-bond donors (Lipinski definition) is 0. The van der Waals surface area contributed by atoms with E-state index in [0.717, 1.165) is 5.56 Å². The van der Waals surface area contributed by atoms with Crippen molar-refractivity contribution in [3.8, 4) is 11.5 Å². The molecular weight excluding hydrogens is 330 g/mol. The van der Waals surface area contributed by atoms with Crippen molar-refractivity contribution in [1.29, 1.82) is 0 Å². The number of hydrogen-bond acceptors (Lipinski definition) is 7. The number of nitrogens with zero attached hydrogens (tertiary/aromatic N) is 1. The van der Waals surface area contributed by atoms with E-state index in [1.165, 1.54) is 37.3 Å². The zero-order valence-corrected chi connectivity index (χ0v) is 13.6. The smallest absolute Gasteiger partial charge is 0.347 e. The second-order valence-electron chi connectivity index (χ2n) is 5.12. The summed E-state index contributed by atoms with van der Waals surface area (Å²) in [6, 6.07) is 10.8. The lowest BCUT2D eigenvalue weighted by Gasteiger charge is -2.10. The van der Waals surface area contributed by atoms with Crippen LogP contribution in [0.3, 0.4) is 0 Å². The van der Waals surface area contributed by atoms with Crippen molar-refractivity contribution in [3.05, 3.63) is 69.3 Å². The Morgan fingerprint density at radius 3 is 2.36 bits per heavy atom. The highest BCUT2D eigenvalue weighted by molar-refractivity contribution is 5.95. The van der Waals surface area contributed by atoms with Gasteiger partial charge in [0.2, 0.25) is 0 Å². The maximum atomic E-state index is 12.3. The Balaban J connectivity index is 2.12. The van der Waals surface area contributed by atoms with Crippen LogP contribution in [0.5, 0.6) is 11.5 Å². The maximum Gasteiger partial charge on any atom is 0.347 e. The van der Waals surface area contributed by atoms with Crippen LogP contribution in [0.2, 0.25) is 0 Å². The Kier molecular flexibility index (Phi) is 5.67. The molecule has 2 aromatic carbocycles. The van der Waals surface area contributed by atoms with Gasteiger partial charge in [0.05, 0.1) is 0 Å². The lowest BCUT2D eigenvalue weighted by molar-refractivity contribution is -0.763. The molecule has 8 nitrogen and oxygen atoms in total. The summed E-state index contributed by atoms with van der Waals surface area (Å²) in [5.74, 6) is -0.883. The van der Waals surface area contributed by atoms with Crippen molar-refractivity contribution in [2.24, 2.45) is 0 Å². The van der Waals surface area contributed by atoms with Crippen molar-refractivity contribution in [2.45, 2.75) is 20.5 Å². The van der Waals surface area contributed by atoms with Gasteiger partial charge in [0.25, 0.3) is 5.09 Å². The second kappa shape index (κ2) is 7.91. The van der Waals surface area contributed by atoms with Gasteiger partial charge in [-0.05, 0) is 42.3 Å². The number of carbonyl (C=O) groups excluding carboxylic acids is 2. The van der Waals surface area contributed by atoms with Gasteiger partial charge < -0.3 is 14.3 Å². The molecule has 0 amide bonds. The molecule has 0 bridgehead atoms. The van der Waals surface area contributed by atoms with E-state index in [-0.39, 0.29) is 23.7 Å². The topological polar surface area (TPSA) is 105 Å². The van der Waals surface area contributed by atoms with Crippen molar-refractivity contribution in [1.82, 2.24) is 0 Å². The Labute approximate surface area is 143 Å². The molecule has 25 heavy (non-hydrogen) atoms. The third-order valence-corrected chi connectivity index (χ3v) is 3.08. The van der Waals surface area contributed by atoms with E-state index in [1.807, 2.05) is 0 Å². The molecule has 8 heteroatoms. The minimum atomic E-state index is -0.887. The predicted molar refractivity (Wildman–Crippen MR) is 85.7 cm³/mol. The molecule has 0 aliphatic carbocycles. The molecule has 0 fully saturated rings. The van der Waals surface area contributed by atoms with Crippen LogP contribution in [0.1, 0.15) is 28.4 Å². The summed E-state index contributed by atoms with van der Waals surface area (Å²) in [5.41, 5.74) is 1.47. The van der Waals surface area contributed by atoms with Crippen molar-refractivity contribution < 1.29 is 29.0 Å². The molecule has 0 saturated carbocycles. The quantitative estimate of drug-likeness (QED) is 0.343. The van der Waals surface area contributed by atoms with Crippen LogP contribution >= 0.6 is 0 Å². The third-order valence-electron chi connectivity index (χ3n) is 3.08. The van der Waals surface area contributed by atoms with Gasteiger partial charge in [-0.25, -0.2) is 4.79 Å². The molecule has 2 aromatic rings. The van der Waals surface area contributed by atoms with Gasteiger partial charge in [0, 0.05) is 6.92 Å². The van der Waals surface area contributed by atoms with Crippen LogP contribution < -0.4 is 9.47 Å². The zero-order chi connectivity index (χ0) is 18.4. The van der Waals surface area contributed by atoms with Crippen LogP contribution in [-0.2, 0) is 16.2 Å². The normalized spacial score (nSPS) is 10.0. The Morgan fingerprint density at radius 2 is 1.76 bits per heavy atom. The molecule has 0 saturated heterocycles. The number of aryl methyl sites for hydroxylation is 1. The van der Waals surface area contributed by atoms with Crippen LogP contribution in [0.25, 0.3) is 0 Å². The molecule has 0 N–H and O–H groups in total. The monoisotopic (exact) mass is 345 g/mol. The molecule has 130 valence electrons. The Bertz CT molecular complexity index is 799. The highest BCUT2D eigenvalue weighted by Gasteiger charge is 2.17. The summed E-state index contributed by atoms with van der Waals surface area (Å²) < 4.78 is 10.3. The fraction of sp³-hybridized carbons (Fsp3) is 0.176. The average Bonchev–Trinajstić information content (AvgIpc) is 2.55. The molecule has 0 heterocycles. The van der Waals surface area contributed by atoms with E-state index in [1.54, 1.807) is 19.1 Å². The fourth-order valence-electron chi connectivity index (χ4n) is 1.99. The van der Waals surface area contributed by atoms with Crippen LogP contribution in [0, 0.1) is 17.0 Å². The molecule has 0 atom stereocenters. The predicted octanol–water partition coefficient (Wildman–Crippen LogP) is 2.85. The molecule has 0 aliphatic heterocycles. The summed E-state index contributed by atoms with van der Waals surface area (Å²) in [6.45, 7) is 2.83. The Morgan fingerprint density at radius 1 is 1.08 bits per heavy atom. The molecule has 0 aliphatic rings. The zero-order valence-electron chi connectivity index (χ0n) is 13.6. The molecule has 0 radical (unpaired) electrons. The highest BCUT2D eigenvalue weighted by Crippen LogP contribution is 2.23. The van der Waals surface area contributed by atoms with Gasteiger partial charge in [0.1, 0.15) is 23.7 Å². The van der Waals surface area contributed by atoms with E-state index in [4.69, 9.17) is 9.47 Å². The van der Waals surface area contributed by atoms with Gasteiger partial charge in [-0.3, -0.25) is 4.79 Å². The van der Waals surface area contributed by atoms with Crippen LogP contribution in [-0.4, -0.2) is 17.0 Å². The van der Waals surface area contributed by atoms with Gasteiger partial charge in [-0.1, -0.05) is 18.2 Å². The minimum Gasteiger partial charge on any atom is -0.426 e. The summed E-state index contributed by atoms with van der Waals surface area (Å²) >= 11 is 0. The van der Waals surface area contributed by atoms with Crippen LogP contribution in [0.15, 0.2) is 42.5 Å². The lowest BCUT2D eigenvalue weighted by atomic mass is 10.1. The standard InChI is InChI=1S/C17H15NO7/c1-11-3-8-16(24-12(2)19)15(9-11)17(20)25-14-6-4-13(5-7-14)10-23-18(21)22/h3-9H,10H2,1-2H3. The molecule has 2 rings (SSSR count). The first-order chi connectivity index (χ1) is 11.8. The SMILES string of the molecule is CC(=O)Oc1ccc(C)cc1C(=O)Oc1ccc(CO[N+](=O)[O-])cc1. The highest BCUT2D eigenvalue weighted by atomic mass is 16.9. The maximum absolute atomic E-state index is 12.3. The number of rotatable bonds is 6. The first-order valence-corrected chi connectivity index (χ1v) is 7.22. The number of ether oxygens (including phenoxy) is 2. The fourth-order valence-corrected chi connectivity index (χ4v) is 1.99. The first-order valence-electron chi connectivity index (χ1n) is 7.22. The number of benzene rings is 2. The van der Waals surface area contributed by atoms with Gasteiger partial charge in [-0.15, -0.1) is 10.1 Å². The van der Waals surface area contributed by atoms with Gasteiger partial charge in [0.15, 0.2) is 0 Å². The lowest BCUT2D eigenvalue weighted by Crippen LogP contribution is -2.13. The molecule has 0 unspecified atom stereocenters. The largest absolute Gasteiger partial charge is 0.426 e. The van der Waals surface area contributed by atoms with Gasteiger partial charge >= 0.3 is 11.9 Å². The summed E-state index contributed by atoms with van der Waals surface area (Å²) in [6.07, 6.45) is 0. The Hall–Kier alpha value is -3.42. The van der Waals surface area contributed by atoms with E-state index < -0.39 is 17.0 Å². The molecule has 0 spiro atoms. The van der Waals surface area contributed by atoms with E-state index in [2.05, 4.69) is 4.84 Å². The van der Waals surface area contributed by atoms with Crippen molar-refractivity contribution in [2.75, 3.05) is 0 Å². The van der Waals surface area contributed by atoms with E-state index >= 15 is 0 Å². The number of esters is 2. The van der Waals surface area contributed by atoms with E-state index in [9.17, 15) is 19.7 Å². The first kappa shape index (κ1) is 17.9. The van der Waals surface area contributed by atoms with Crippen molar-refractivity contribution in [3.63, 3.8) is 0 Å². The van der Waals surface area contributed by atoms with Crippen LogP contribution in [0.4, 0.5) is 0 Å². The summed E-state index contributed by atoms with van der Waals surface area (Å²) in [4.78, 5) is 37.9. The summed E-state index contributed by atoms with van der Waals surface area (Å²) in [7, 11) is 0. The van der Waals surface area contributed by atoms with Crippen molar-refractivity contribution >= 4 is 11.9 Å². The summed E-state index contributed by atoms with van der Waals surface area (Å²) in [5, 5.41) is 9.27. The molecular formula is C17H15NO7. The average molecular weight is 345 g/mol. The van der Waals surface area contributed by atoms with Gasteiger partial charge in [-0.2, -0.15) is 0 Å². The number of carbonyl (C=O) groups is 2. The molecule has 0 aromatic heterocycles.